The highest BCUT2D eigenvalue weighted by molar-refractivity contribution is 7.21. The number of thiazole rings is 1. The summed E-state index contributed by atoms with van der Waals surface area (Å²) in [7, 11) is 0. The Bertz CT molecular complexity index is 853. The molecule has 0 saturated carbocycles. The van der Waals surface area contributed by atoms with Crippen LogP contribution in [0.15, 0.2) is 42.5 Å². The topological polar surface area (TPSA) is 68.0 Å². The molecule has 1 unspecified atom stereocenters. The molecule has 1 aromatic heterocycles. The van der Waals surface area contributed by atoms with Crippen LogP contribution in [0, 0.1) is 6.92 Å². The summed E-state index contributed by atoms with van der Waals surface area (Å²) in [5, 5.41) is 3.89. The van der Waals surface area contributed by atoms with Gasteiger partial charge < -0.3 is 11.1 Å². The van der Waals surface area contributed by atoms with E-state index in [1.807, 2.05) is 31.2 Å². The Morgan fingerprint density at radius 2 is 2.00 bits per heavy atom. The van der Waals surface area contributed by atoms with E-state index in [0.29, 0.717) is 12.8 Å². The molecule has 124 valence electrons. The Hall–Kier alpha value is -2.24. The van der Waals surface area contributed by atoms with Crippen molar-refractivity contribution < 1.29 is 4.79 Å². The van der Waals surface area contributed by atoms with Gasteiger partial charge in [-0.25, -0.2) is 4.98 Å². The van der Waals surface area contributed by atoms with E-state index in [1.54, 1.807) is 11.3 Å². The van der Waals surface area contributed by atoms with Gasteiger partial charge in [0.2, 0.25) is 5.91 Å². The lowest BCUT2D eigenvalue weighted by Gasteiger charge is -2.07. The van der Waals surface area contributed by atoms with Crippen LogP contribution in [-0.4, -0.2) is 16.9 Å². The molecule has 3 rings (SSSR count). The first-order valence-electron chi connectivity index (χ1n) is 8.04. The predicted octanol–water partition coefficient (Wildman–Crippen LogP) is 4.34. The molecule has 0 bridgehead atoms. The van der Waals surface area contributed by atoms with E-state index in [1.165, 1.54) is 10.3 Å². The lowest BCUT2D eigenvalue weighted by Crippen LogP contribution is -2.19. The average Bonchev–Trinajstić information content (AvgIpc) is 2.96. The van der Waals surface area contributed by atoms with Gasteiger partial charge in [-0.05, 0) is 62.2 Å². The van der Waals surface area contributed by atoms with Crippen molar-refractivity contribution in [1.29, 1.82) is 0 Å². The standard InChI is InChI=1S/C19H21N3OS/c1-12-3-9-16-17(11-12)24-19(22-16)14-5-7-15(8-6-14)21-18(23)10-4-13(2)20/h3,5-9,11,13H,4,10,20H2,1-2H3,(H,21,23). The predicted molar refractivity (Wildman–Crippen MR) is 101 cm³/mol. The quantitative estimate of drug-likeness (QED) is 0.726. The lowest BCUT2D eigenvalue weighted by atomic mass is 10.2. The zero-order chi connectivity index (χ0) is 17.1. The van der Waals surface area contributed by atoms with Gasteiger partial charge in [0, 0.05) is 23.7 Å². The third kappa shape index (κ3) is 3.99. The third-order valence-corrected chi connectivity index (χ3v) is 4.85. The van der Waals surface area contributed by atoms with E-state index >= 15 is 0 Å². The van der Waals surface area contributed by atoms with Crippen molar-refractivity contribution >= 4 is 33.1 Å². The van der Waals surface area contributed by atoms with Crippen LogP contribution in [0.5, 0.6) is 0 Å². The molecule has 1 amide bonds. The molecule has 0 saturated heterocycles. The number of fused-ring (bicyclic) bond motifs is 1. The number of benzene rings is 2. The molecule has 5 heteroatoms. The van der Waals surface area contributed by atoms with Gasteiger partial charge in [-0.3, -0.25) is 4.79 Å². The first-order chi connectivity index (χ1) is 11.5. The van der Waals surface area contributed by atoms with Crippen LogP contribution < -0.4 is 11.1 Å². The summed E-state index contributed by atoms with van der Waals surface area (Å²) in [6, 6.07) is 14.1. The number of amides is 1. The van der Waals surface area contributed by atoms with Crippen LogP contribution >= 0.6 is 11.3 Å². The number of hydrogen-bond acceptors (Lipinski definition) is 4. The van der Waals surface area contributed by atoms with E-state index in [-0.39, 0.29) is 11.9 Å². The number of aromatic nitrogens is 1. The van der Waals surface area contributed by atoms with Crippen molar-refractivity contribution in [2.45, 2.75) is 32.7 Å². The summed E-state index contributed by atoms with van der Waals surface area (Å²) in [6.07, 6.45) is 1.13. The van der Waals surface area contributed by atoms with Crippen LogP contribution in [0.4, 0.5) is 5.69 Å². The minimum atomic E-state index is -0.00416. The highest BCUT2D eigenvalue weighted by Gasteiger charge is 2.08. The molecule has 1 heterocycles. The summed E-state index contributed by atoms with van der Waals surface area (Å²) < 4.78 is 1.19. The lowest BCUT2D eigenvalue weighted by molar-refractivity contribution is -0.116. The van der Waals surface area contributed by atoms with Crippen molar-refractivity contribution in [3.05, 3.63) is 48.0 Å². The molecule has 0 spiro atoms. The second kappa shape index (κ2) is 7.11. The van der Waals surface area contributed by atoms with Crippen molar-refractivity contribution in [3.63, 3.8) is 0 Å². The van der Waals surface area contributed by atoms with Gasteiger partial charge in [0.1, 0.15) is 5.01 Å². The maximum atomic E-state index is 11.8. The van der Waals surface area contributed by atoms with Gasteiger partial charge in [0.25, 0.3) is 0 Å². The van der Waals surface area contributed by atoms with Gasteiger partial charge >= 0.3 is 0 Å². The smallest absolute Gasteiger partial charge is 0.224 e. The molecule has 3 N–H and O–H groups in total. The molecule has 2 aromatic carbocycles. The molecule has 0 aliphatic rings. The maximum Gasteiger partial charge on any atom is 0.224 e. The summed E-state index contributed by atoms with van der Waals surface area (Å²) in [4.78, 5) is 16.5. The summed E-state index contributed by atoms with van der Waals surface area (Å²) >= 11 is 1.68. The second-order valence-electron chi connectivity index (χ2n) is 6.13. The highest BCUT2D eigenvalue weighted by atomic mass is 32.1. The minimum absolute atomic E-state index is 0.00416. The monoisotopic (exact) mass is 339 g/mol. The first kappa shape index (κ1) is 16.6. The van der Waals surface area contributed by atoms with Crippen molar-refractivity contribution in [3.8, 4) is 10.6 Å². The molecular weight excluding hydrogens is 318 g/mol. The fourth-order valence-electron chi connectivity index (χ4n) is 2.43. The zero-order valence-corrected chi connectivity index (χ0v) is 14.7. The van der Waals surface area contributed by atoms with E-state index in [4.69, 9.17) is 5.73 Å². The first-order valence-corrected chi connectivity index (χ1v) is 8.86. The normalized spacial score (nSPS) is 12.3. The minimum Gasteiger partial charge on any atom is -0.328 e. The summed E-state index contributed by atoms with van der Waals surface area (Å²) in [6.45, 7) is 3.99. The largest absolute Gasteiger partial charge is 0.328 e. The molecule has 0 radical (unpaired) electrons. The molecule has 0 aliphatic carbocycles. The highest BCUT2D eigenvalue weighted by Crippen LogP contribution is 2.31. The Balaban J connectivity index is 1.72. The molecule has 24 heavy (non-hydrogen) atoms. The second-order valence-corrected chi connectivity index (χ2v) is 7.16. The summed E-state index contributed by atoms with van der Waals surface area (Å²) in [5.74, 6) is -0.00416. The number of carbonyl (C=O) groups is 1. The number of nitrogens with one attached hydrogen (secondary N) is 1. The van der Waals surface area contributed by atoms with Crippen LogP contribution in [0.1, 0.15) is 25.3 Å². The Morgan fingerprint density at radius 3 is 2.71 bits per heavy atom. The van der Waals surface area contributed by atoms with Crippen LogP contribution in [0.3, 0.4) is 0 Å². The molecule has 4 nitrogen and oxygen atoms in total. The summed E-state index contributed by atoms with van der Waals surface area (Å²) in [5.41, 5.74) is 9.79. The average molecular weight is 339 g/mol. The zero-order valence-electron chi connectivity index (χ0n) is 13.9. The molecule has 1 atom stereocenters. The number of aryl methyl sites for hydroxylation is 1. The molecule has 0 aliphatic heterocycles. The van der Waals surface area contributed by atoms with Crippen LogP contribution in [0.25, 0.3) is 20.8 Å². The van der Waals surface area contributed by atoms with Gasteiger partial charge in [-0.15, -0.1) is 11.3 Å². The van der Waals surface area contributed by atoms with Gasteiger partial charge in [0.15, 0.2) is 0 Å². The maximum absolute atomic E-state index is 11.8. The van der Waals surface area contributed by atoms with E-state index in [0.717, 1.165) is 21.8 Å². The van der Waals surface area contributed by atoms with Gasteiger partial charge in [-0.1, -0.05) is 6.07 Å². The molecular formula is C19H21N3OS. The number of carbonyl (C=O) groups excluding carboxylic acids is 1. The van der Waals surface area contributed by atoms with E-state index < -0.39 is 0 Å². The van der Waals surface area contributed by atoms with Crippen LogP contribution in [0.2, 0.25) is 0 Å². The Kier molecular flexibility index (Phi) is 4.92. The van der Waals surface area contributed by atoms with Crippen molar-refractivity contribution in [1.82, 2.24) is 4.98 Å². The van der Waals surface area contributed by atoms with E-state index in [2.05, 4.69) is 35.4 Å². The molecule has 3 aromatic rings. The van der Waals surface area contributed by atoms with Gasteiger partial charge in [-0.2, -0.15) is 0 Å². The number of rotatable bonds is 5. The van der Waals surface area contributed by atoms with E-state index in [9.17, 15) is 4.79 Å². The fraction of sp³-hybridized carbons (Fsp3) is 0.263. The number of nitrogens with two attached hydrogens (primary N) is 1. The molecule has 0 fully saturated rings. The Morgan fingerprint density at radius 1 is 1.25 bits per heavy atom. The van der Waals surface area contributed by atoms with Gasteiger partial charge in [0.05, 0.1) is 10.2 Å². The third-order valence-electron chi connectivity index (χ3n) is 3.79. The fourth-order valence-corrected chi connectivity index (χ4v) is 3.50. The van der Waals surface area contributed by atoms with Crippen molar-refractivity contribution in [2.75, 3.05) is 5.32 Å². The number of nitrogens with zero attached hydrogens (tertiary/aromatic N) is 1. The SMILES string of the molecule is Cc1ccc2nc(-c3ccc(NC(=O)CCC(C)N)cc3)sc2c1. The van der Waals surface area contributed by atoms with Crippen molar-refractivity contribution in [2.24, 2.45) is 5.73 Å². The number of anilines is 1. The Labute approximate surface area is 145 Å². The number of hydrogen-bond donors (Lipinski definition) is 2. The van der Waals surface area contributed by atoms with Crippen LogP contribution in [-0.2, 0) is 4.79 Å².